The summed E-state index contributed by atoms with van der Waals surface area (Å²) in [6.07, 6.45) is 0. The van der Waals surface area contributed by atoms with Gasteiger partial charge in [-0.1, -0.05) is 54.2 Å². The Kier molecular flexibility index (Phi) is 5.76. The smallest absolute Gasteiger partial charge is 0.277 e. The van der Waals surface area contributed by atoms with Crippen LogP contribution in [-0.2, 0) is 4.79 Å². The maximum absolute atomic E-state index is 12.3. The fourth-order valence-corrected chi connectivity index (χ4v) is 3.44. The van der Waals surface area contributed by atoms with Crippen LogP contribution < -0.4 is 10.1 Å². The molecule has 0 aliphatic carbocycles. The van der Waals surface area contributed by atoms with Gasteiger partial charge in [0, 0.05) is 5.56 Å². The number of aromatic nitrogens is 2. The van der Waals surface area contributed by atoms with E-state index in [1.54, 1.807) is 6.07 Å². The molecular formula is C22H19N3O3S. The average Bonchev–Trinajstić information content (AvgIpc) is 3.23. The molecule has 146 valence electrons. The molecule has 0 saturated heterocycles. The minimum atomic E-state index is -0.174. The molecule has 0 spiro atoms. The van der Waals surface area contributed by atoms with Crippen molar-refractivity contribution in [3.63, 3.8) is 0 Å². The highest BCUT2D eigenvalue weighted by molar-refractivity contribution is 7.99. The lowest BCUT2D eigenvalue weighted by atomic mass is 10.1. The predicted octanol–water partition coefficient (Wildman–Crippen LogP) is 5.02. The van der Waals surface area contributed by atoms with E-state index in [1.807, 2.05) is 61.5 Å². The van der Waals surface area contributed by atoms with Crippen molar-refractivity contribution in [2.45, 2.75) is 12.1 Å². The zero-order valence-corrected chi connectivity index (χ0v) is 16.6. The highest BCUT2D eigenvalue weighted by Gasteiger charge is 2.13. The summed E-state index contributed by atoms with van der Waals surface area (Å²) in [5, 5.41) is 13.6. The first kappa shape index (κ1) is 19.0. The molecule has 0 unspecified atom stereocenters. The van der Waals surface area contributed by atoms with Gasteiger partial charge in [-0.25, -0.2) is 0 Å². The van der Waals surface area contributed by atoms with Gasteiger partial charge in [0.25, 0.3) is 5.22 Å². The first-order valence-electron chi connectivity index (χ1n) is 9.20. The number of anilines is 1. The molecule has 6 nitrogen and oxygen atoms in total. The Morgan fingerprint density at radius 3 is 2.69 bits per heavy atom. The zero-order chi connectivity index (χ0) is 20.1. The van der Waals surface area contributed by atoms with Crippen LogP contribution in [0.1, 0.15) is 6.92 Å². The van der Waals surface area contributed by atoms with Gasteiger partial charge in [0.2, 0.25) is 11.8 Å². The SMILES string of the molecule is CCOc1ccccc1NC(=O)CSc1nnc(-c2ccc3ccccc3c2)o1. The second-order valence-corrected chi connectivity index (χ2v) is 7.13. The first-order chi connectivity index (χ1) is 14.2. The van der Waals surface area contributed by atoms with Crippen LogP contribution in [-0.4, -0.2) is 28.5 Å². The van der Waals surface area contributed by atoms with Crippen molar-refractivity contribution >= 4 is 34.1 Å². The fraction of sp³-hybridized carbons (Fsp3) is 0.136. The number of hydrogen-bond acceptors (Lipinski definition) is 6. The van der Waals surface area contributed by atoms with E-state index in [4.69, 9.17) is 9.15 Å². The van der Waals surface area contributed by atoms with E-state index >= 15 is 0 Å². The molecule has 0 saturated carbocycles. The molecule has 1 heterocycles. The number of hydrogen-bond donors (Lipinski definition) is 1. The highest BCUT2D eigenvalue weighted by atomic mass is 32.2. The maximum Gasteiger partial charge on any atom is 0.277 e. The molecule has 0 aliphatic rings. The van der Waals surface area contributed by atoms with Crippen LogP contribution in [0.4, 0.5) is 5.69 Å². The summed E-state index contributed by atoms with van der Waals surface area (Å²) in [6.45, 7) is 2.43. The second kappa shape index (κ2) is 8.79. The van der Waals surface area contributed by atoms with E-state index in [2.05, 4.69) is 21.6 Å². The molecule has 0 aliphatic heterocycles. The Bertz CT molecular complexity index is 1140. The quantitative estimate of drug-likeness (QED) is 0.435. The van der Waals surface area contributed by atoms with Crippen molar-refractivity contribution in [1.82, 2.24) is 10.2 Å². The summed E-state index contributed by atoms with van der Waals surface area (Å²) in [6, 6.07) is 21.4. The Hall–Kier alpha value is -3.32. The van der Waals surface area contributed by atoms with E-state index in [0.717, 1.165) is 16.3 Å². The largest absolute Gasteiger partial charge is 0.492 e. The van der Waals surface area contributed by atoms with Crippen LogP contribution >= 0.6 is 11.8 Å². The van der Waals surface area contributed by atoms with E-state index in [1.165, 1.54) is 11.8 Å². The minimum Gasteiger partial charge on any atom is -0.492 e. The van der Waals surface area contributed by atoms with Crippen molar-refractivity contribution in [2.75, 3.05) is 17.7 Å². The normalized spacial score (nSPS) is 10.8. The van der Waals surface area contributed by atoms with Gasteiger partial charge in [-0.2, -0.15) is 0 Å². The Balaban J connectivity index is 1.39. The van der Waals surface area contributed by atoms with Gasteiger partial charge in [-0.3, -0.25) is 4.79 Å². The number of carbonyl (C=O) groups excluding carboxylic acids is 1. The summed E-state index contributed by atoms with van der Waals surface area (Å²) in [5.41, 5.74) is 1.49. The highest BCUT2D eigenvalue weighted by Crippen LogP contribution is 2.27. The Morgan fingerprint density at radius 1 is 1.03 bits per heavy atom. The number of amides is 1. The number of rotatable bonds is 7. The van der Waals surface area contributed by atoms with Crippen molar-refractivity contribution in [1.29, 1.82) is 0 Å². The summed E-state index contributed by atoms with van der Waals surface area (Å²) >= 11 is 1.19. The predicted molar refractivity (Wildman–Crippen MR) is 114 cm³/mol. The van der Waals surface area contributed by atoms with Gasteiger partial charge in [0.05, 0.1) is 18.0 Å². The average molecular weight is 405 g/mol. The third kappa shape index (κ3) is 4.57. The molecule has 0 radical (unpaired) electrons. The molecule has 1 aromatic heterocycles. The number of carbonyl (C=O) groups is 1. The fourth-order valence-electron chi connectivity index (χ4n) is 2.87. The Morgan fingerprint density at radius 2 is 1.83 bits per heavy atom. The van der Waals surface area contributed by atoms with Gasteiger partial charge in [0.1, 0.15) is 5.75 Å². The monoisotopic (exact) mass is 405 g/mol. The van der Waals surface area contributed by atoms with Crippen LogP contribution in [0.25, 0.3) is 22.2 Å². The van der Waals surface area contributed by atoms with E-state index in [9.17, 15) is 4.79 Å². The van der Waals surface area contributed by atoms with Gasteiger partial charge < -0.3 is 14.5 Å². The topological polar surface area (TPSA) is 77.2 Å². The lowest BCUT2D eigenvalue weighted by Crippen LogP contribution is -2.14. The molecule has 0 fully saturated rings. The Labute approximate surface area is 172 Å². The van der Waals surface area contributed by atoms with Crippen molar-refractivity contribution in [2.24, 2.45) is 0 Å². The molecule has 1 amide bonds. The lowest BCUT2D eigenvalue weighted by Gasteiger charge is -2.10. The summed E-state index contributed by atoms with van der Waals surface area (Å²) < 4.78 is 11.2. The van der Waals surface area contributed by atoms with Crippen molar-refractivity contribution in [3.8, 4) is 17.2 Å². The third-order valence-corrected chi connectivity index (χ3v) is 5.01. The first-order valence-corrected chi connectivity index (χ1v) is 10.2. The molecule has 0 atom stereocenters. The van der Waals surface area contributed by atoms with E-state index < -0.39 is 0 Å². The molecule has 4 aromatic rings. The van der Waals surface area contributed by atoms with Gasteiger partial charge in [-0.15, -0.1) is 10.2 Å². The zero-order valence-electron chi connectivity index (χ0n) is 15.8. The maximum atomic E-state index is 12.3. The second-order valence-electron chi connectivity index (χ2n) is 6.20. The van der Waals surface area contributed by atoms with E-state index in [-0.39, 0.29) is 11.7 Å². The standard InChI is InChI=1S/C22H19N3O3S/c1-2-27-19-10-6-5-9-18(19)23-20(26)14-29-22-25-24-21(28-22)17-12-11-15-7-3-4-8-16(15)13-17/h3-13H,2,14H2,1H3,(H,23,26). The molecule has 4 rings (SSSR count). The summed E-state index contributed by atoms with van der Waals surface area (Å²) in [4.78, 5) is 12.3. The number of para-hydroxylation sites is 2. The van der Waals surface area contributed by atoms with Crippen LogP contribution in [0.3, 0.4) is 0 Å². The number of nitrogens with one attached hydrogen (secondary N) is 1. The minimum absolute atomic E-state index is 0.153. The number of nitrogens with zero attached hydrogens (tertiary/aromatic N) is 2. The van der Waals surface area contributed by atoms with Crippen LogP contribution in [0.2, 0.25) is 0 Å². The molecule has 3 aromatic carbocycles. The lowest BCUT2D eigenvalue weighted by molar-refractivity contribution is -0.113. The summed E-state index contributed by atoms with van der Waals surface area (Å²) in [5.74, 6) is 1.05. The number of ether oxygens (including phenoxy) is 1. The molecule has 0 bridgehead atoms. The molecule has 29 heavy (non-hydrogen) atoms. The third-order valence-electron chi connectivity index (χ3n) is 4.19. The number of fused-ring (bicyclic) bond motifs is 1. The molecular weight excluding hydrogens is 386 g/mol. The van der Waals surface area contributed by atoms with Gasteiger partial charge in [-0.05, 0) is 42.0 Å². The van der Waals surface area contributed by atoms with Gasteiger partial charge in [0.15, 0.2) is 0 Å². The molecule has 7 heteroatoms. The number of thioether (sulfide) groups is 1. The number of benzene rings is 3. The van der Waals surface area contributed by atoms with Crippen LogP contribution in [0.5, 0.6) is 5.75 Å². The van der Waals surface area contributed by atoms with Crippen LogP contribution in [0, 0.1) is 0 Å². The van der Waals surface area contributed by atoms with Crippen molar-refractivity contribution in [3.05, 3.63) is 66.7 Å². The summed E-state index contributed by atoms with van der Waals surface area (Å²) in [7, 11) is 0. The van der Waals surface area contributed by atoms with E-state index in [0.29, 0.717) is 29.2 Å². The van der Waals surface area contributed by atoms with Gasteiger partial charge >= 0.3 is 0 Å². The molecule has 1 N–H and O–H groups in total. The van der Waals surface area contributed by atoms with Crippen molar-refractivity contribution < 1.29 is 13.9 Å². The van der Waals surface area contributed by atoms with Crippen LogP contribution in [0.15, 0.2) is 76.4 Å².